The SMILES string of the molecule is C=C(C(C)C)C(Cc1ncccn1)C(C)(C)C.C=C(C(C)C)C(Cc1nccs1)C(C)(C)C.C=C(C(C)C)C(O)c1ccccc1.C=C(C(C)C)C(OC(C)=O)c1ccccc1.C=C(C(C)C)C(c1ccccc1)C(C)C.C=C(C(C)C)C(c1ccccc1)C(O)(CC)CC.C=C(C(C)C)C(c1ccccc1)C1(O)CCCC1.C=C(C(C)C)C(c1ccccc1)C1CCCC1.C=C(C(C)C)C(c1ccccc1)N1CCC(F)(F)CC1. The van der Waals surface area contributed by atoms with Crippen LogP contribution in [0.4, 0.5) is 8.78 Å². The lowest BCUT2D eigenvalue weighted by atomic mass is 9.72. The third-order valence-electron chi connectivity index (χ3n) is 30.5. The number of rotatable bonds is 37. The van der Waals surface area contributed by atoms with Gasteiger partial charge in [0.05, 0.1) is 22.3 Å². The number of hydrogen-bond donors (Lipinski definition) is 3. The van der Waals surface area contributed by atoms with E-state index in [1.54, 1.807) is 23.7 Å². The minimum Gasteiger partial charge on any atom is -0.453 e. The van der Waals surface area contributed by atoms with Crippen molar-refractivity contribution < 1.29 is 33.6 Å². The van der Waals surface area contributed by atoms with Crippen LogP contribution in [0, 0.1) is 87.8 Å². The lowest BCUT2D eigenvalue weighted by Crippen LogP contribution is -2.42. The van der Waals surface area contributed by atoms with Gasteiger partial charge >= 0.3 is 5.97 Å². The van der Waals surface area contributed by atoms with Crippen LogP contribution in [0.5, 0.6) is 0 Å². The summed E-state index contributed by atoms with van der Waals surface area (Å²) >= 11 is 1.74. The van der Waals surface area contributed by atoms with Crippen molar-refractivity contribution in [3.63, 3.8) is 0 Å². The number of carbonyl (C=O) groups excluding carboxylic acids is 1. The average Bonchev–Trinajstić information content (AvgIpc) is 1.38. The fourth-order valence-electron chi connectivity index (χ4n) is 20.1. The number of aromatic nitrogens is 3. The molecular weight excluding hydrogens is 1860 g/mol. The first kappa shape index (κ1) is 132. The van der Waals surface area contributed by atoms with Gasteiger partial charge in [-0.05, 0) is 182 Å². The zero-order chi connectivity index (χ0) is 113. The van der Waals surface area contributed by atoms with Gasteiger partial charge in [0.15, 0.2) is 0 Å². The van der Waals surface area contributed by atoms with E-state index < -0.39 is 23.2 Å². The van der Waals surface area contributed by atoms with Crippen molar-refractivity contribution in [2.75, 3.05) is 13.1 Å². The number of ether oxygens (including phenoxy) is 1. The van der Waals surface area contributed by atoms with Crippen LogP contribution >= 0.6 is 11.3 Å². The Balaban J connectivity index is 0.000000352. The highest BCUT2D eigenvalue weighted by atomic mass is 32.1. The van der Waals surface area contributed by atoms with Gasteiger partial charge in [0.1, 0.15) is 18.0 Å². The van der Waals surface area contributed by atoms with Gasteiger partial charge in [-0.15, -0.1) is 11.3 Å². The van der Waals surface area contributed by atoms with E-state index in [1.807, 2.05) is 174 Å². The van der Waals surface area contributed by atoms with E-state index in [4.69, 9.17) is 4.74 Å². The third kappa shape index (κ3) is 43.9. The van der Waals surface area contributed by atoms with Crippen molar-refractivity contribution in [1.29, 1.82) is 0 Å². The second-order valence-corrected chi connectivity index (χ2v) is 48.2. The predicted molar refractivity (Wildman–Crippen MR) is 643 cm³/mol. The maximum Gasteiger partial charge on any atom is 0.303 e. The molecule has 12 heteroatoms. The summed E-state index contributed by atoms with van der Waals surface area (Å²) in [6.07, 6.45) is 17.5. The molecule has 150 heavy (non-hydrogen) atoms. The first-order valence-corrected chi connectivity index (χ1v) is 56.9. The van der Waals surface area contributed by atoms with Crippen LogP contribution in [0.2, 0.25) is 0 Å². The second kappa shape index (κ2) is 65.6. The average molecular weight is 2070 g/mol. The Kier molecular flexibility index (Phi) is 57.9. The number of aliphatic hydroxyl groups excluding tert-OH is 1. The zero-order valence-electron chi connectivity index (χ0n) is 98.4. The first-order chi connectivity index (χ1) is 70.4. The summed E-state index contributed by atoms with van der Waals surface area (Å²) < 4.78 is 32.0. The molecule has 0 amide bonds. The number of allylic oxidation sites excluding steroid dienone is 4. The van der Waals surface area contributed by atoms with Gasteiger partial charge in [0.25, 0.3) is 5.92 Å². The van der Waals surface area contributed by atoms with E-state index in [0.717, 1.165) is 108 Å². The van der Waals surface area contributed by atoms with Gasteiger partial charge in [-0.25, -0.2) is 23.7 Å². The van der Waals surface area contributed by atoms with Crippen molar-refractivity contribution in [2.45, 2.75) is 350 Å². The summed E-state index contributed by atoms with van der Waals surface area (Å²) in [5.74, 6) is 5.58. The number of carbonyl (C=O) groups is 1. The van der Waals surface area contributed by atoms with E-state index in [0.29, 0.717) is 90.0 Å². The molecule has 12 rings (SSSR count). The highest BCUT2D eigenvalue weighted by Gasteiger charge is 2.44. The lowest BCUT2D eigenvalue weighted by Gasteiger charge is -2.39. The highest BCUT2D eigenvalue weighted by molar-refractivity contribution is 7.09. The fraction of sp³-hybridized carbons (Fsp3) is 0.507. The van der Waals surface area contributed by atoms with Crippen LogP contribution in [-0.4, -0.2) is 71.4 Å². The summed E-state index contributed by atoms with van der Waals surface area (Å²) in [6, 6.07) is 73.6. The summed E-state index contributed by atoms with van der Waals surface area (Å²) in [5, 5.41) is 35.0. The van der Waals surface area contributed by atoms with Crippen LogP contribution in [-0.2, 0) is 22.4 Å². The Morgan fingerprint density at radius 1 is 0.413 bits per heavy atom. The maximum absolute atomic E-state index is 13.4. The van der Waals surface area contributed by atoms with Crippen LogP contribution in [0.1, 0.15) is 370 Å². The number of hydrogen-bond acceptors (Lipinski definition) is 10. The van der Waals surface area contributed by atoms with E-state index in [2.05, 4.69) is 328 Å². The lowest BCUT2D eigenvalue weighted by molar-refractivity contribution is -0.145. The molecular formula is C138H200F2N4O5S. The monoisotopic (exact) mass is 2060 g/mol. The number of piperidine rings is 1. The Morgan fingerprint density at radius 3 is 1.13 bits per heavy atom. The molecule has 9 unspecified atom stereocenters. The number of thiazole rings is 1. The van der Waals surface area contributed by atoms with E-state index in [1.165, 1.54) is 82.2 Å². The van der Waals surface area contributed by atoms with Gasteiger partial charge in [-0.2, -0.15) is 0 Å². The van der Waals surface area contributed by atoms with E-state index >= 15 is 0 Å². The molecule has 2 aliphatic carbocycles. The van der Waals surface area contributed by atoms with Gasteiger partial charge in [-0.3, -0.25) is 9.69 Å². The summed E-state index contributed by atoms with van der Waals surface area (Å²) in [7, 11) is 0. The van der Waals surface area contributed by atoms with Crippen molar-refractivity contribution in [1.82, 2.24) is 19.9 Å². The molecule has 0 radical (unpaired) electrons. The molecule has 9 nitrogen and oxygen atoms in total. The normalized spacial score (nSPS) is 15.7. The number of likely N-dealkylation sites (tertiary alicyclic amines) is 1. The van der Waals surface area contributed by atoms with Crippen molar-refractivity contribution in [3.05, 3.63) is 402 Å². The predicted octanol–water partition coefficient (Wildman–Crippen LogP) is 38.2. The molecule has 3 fully saturated rings. The third-order valence-corrected chi connectivity index (χ3v) is 31.3. The smallest absolute Gasteiger partial charge is 0.303 e. The Bertz CT molecular complexity index is 5290. The maximum atomic E-state index is 13.4. The molecule has 3 heterocycles. The molecule has 1 saturated heterocycles. The number of esters is 1. The van der Waals surface area contributed by atoms with E-state index in [-0.39, 0.29) is 59.5 Å². The highest BCUT2D eigenvalue weighted by Crippen LogP contribution is 2.49. The van der Waals surface area contributed by atoms with Gasteiger partial charge in [0, 0.05) is 93.3 Å². The molecule has 0 bridgehead atoms. The molecule has 0 spiro atoms. The summed E-state index contributed by atoms with van der Waals surface area (Å²) in [4.78, 5) is 26.3. The van der Waals surface area contributed by atoms with Gasteiger partial charge in [-0.1, -0.05) is 530 Å². The number of halogens is 2. The number of aliphatic hydroxyl groups is 3. The topological polar surface area (TPSA) is 129 Å². The Hall–Kier alpha value is -9.92. The Morgan fingerprint density at radius 2 is 0.773 bits per heavy atom. The largest absolute Gasteiger partial charge is 0.453 e. The molecule has 9 atom stereocenters. The molecule has 7 aromatic carbocycles. The fourth-order valence-corrected chi connectivity index (χ4v) is 20.7. The molecule has 2 aromatic heterocycles. The van der Waals surface area contributed by atoms with Crippen LogP contribution in [0.3, 0.4) is 0 Å². The standard InChI is InChI=1S/C17H23F2N.C17H24O.C17H26O.C17H24.C15H24N2.C15H22.C14H23NS.C14H18O2.C12H16O/c1-13(2)14(3)16(15-7-5-4-6-8-15)20-11-9-17(18,19)10-12-20;1-13(2)14(3)16(15-9-5-4-6-10-15)17(18)11-7-8-12-17;1-6-17(18,7-2)16(14(5)13(3)4)15-11-9-8-10-12-15;1-13(2)14(3)17(16-11-7-8-12-16)15-9-5-4-6-10-15;1-11(2)12(3)13(15(4,5)6)10-14-16-8-7-9-17-14;1-11(2)13(5)15(12(3)4)14-9-7-6-8-10-14;1-10(2)11(3)12(14(4,5)6)9-13-15-7-8-16-13;1-10(2)11(3)14(16-12(4)15)13-8-6-5-7-9-13;1-9(2)10(3)12(13)11-7-5-4-6-8-11/h4-8,13,16H,3,9-12H2,1-2H3;4-6,9-10,13,16,18H,3,7-8,11-12H2,1-2H3;8-13,16,18H,5-7H2,1-4H3;4-6,9-10,13,16-17H,3,7-8,11-12H2,1-2H3;7-9,11,13H,3,10H2,1-2,4-6H3;6-12,15H,5H2,1-4H3;7-8,10,12H,3,9H2,1-2,4-6H3;5-10,14H,3H2,1-2,4H3;4-9,12-13H,3H2,1-2H3. The zero-order valence-corrected chi connectivity index (χ0v) is 99.2. The quantitative estimate of drug-likeness (QED) is 0.0257. The Labute approximate surface area is 916 Å². The first-order valence-electron chi connectivity index (χ1n) is 56.0. The number of alkyl halides is 2. The summed E-state index contributed by atoms with van der Waals surface area (Å²) in [6.45, 7) is 101. The summed E-state index contributed by atoms with van der Waals surface area (Å²) in [5.41, 5.74) is 18.0. The number of nitrogens with zero attached hydrogens (tertiary/aromatic N) is 4. The molecule has 3 aliphatic rings. The minimum atomic E-state index is -2.50. The van der Waals surface area contributed by atoms with Crippen molar-refractivity contribution in [2.24, 2.45) is 87.8 Å². The molecule has 9 aromatic rings. The molecule has 3 N–H and O–H groups in total. The second-order valence-electron chi connectivity index (χ2n) is 47.2. The molecule has 2 saturated carbocycles. The number of benzene rings is 7. The molecule has 1 aliphatic heterocycles. The van der Waals surface area contributed by atoms with Crippen LogP contribution < -0.4 is 0 Å². The minimum absolute atomic E-state index is 0.0219. The van der Waals surface area contributed by atoms with Gasteiger partial charge < -0.3 is 20.1 Å². The van der Waals surface area contributed by atoms with Gasteiger partial charge in [0.2, 0.25) is 0 Å². The van der Waals surface area contributed by atoms with E-state index in [9.17, 15) is 28.9 Å². The molecule has 822 valence electrons. The van der Waals surface area contributed by atoms with Crippen molar-refractivity contribution >= 4 is 17.3 Å². The van der Waals surface area contributed by atoms with Crippen LogP contribution in [0.15, 0.2) is 352 Å². The van der Waals surface area contributed by atoms with Crippen molar-refractivity contribution in [3.8, 4) is 0 Å². The van der Waals surface area contributed by atoms with Crippen LogP contribution in [0.25, 0.3) is 0 Å².